The predicted octanol–water partition coefficient (Wildman–Crippen LogP) is 3.90. The molecule has 1 aliphatic heterocycles. The zero-order valence-corrected chi connectivity index (χ0v) is 16.6. The van der Waals surface area contributed by atoms with Crippen LogP contribution in [0.2, 0.25) is 0 Å². The van der Waals surface area contributed by atoms with E-state index in [0.717, 1.165) is 5.56 Å². The summed E-state index contributed by atoms with van der Waals surface area (Å²) in [5, 5.41) is 5.63. The van der Waals surface area contributed by atoms with Crippen LogP contribution in [-0.2, 0) is 9.47 Å². The Bertz CT molecular complexity index is 939. The molecule has 6 nitrogen and oxygen atoms in total. The molecule has 0 radical (unpaired) electrons. The van der Waals surface area contributed by atoms with E-state index in [0.29, 0.717) is 37.1 Å². The summed E-state index contributed by atoms with van der Waals surface area (Å²) in [6.07, 6.45) is -0.392. The van der Waals surface area contributed by atoms with E-state index in [9.17, 15) is 0 Å². The molecule has 0 amide bonds. The highest BCUT2D eigenvalue weighted by molar-refractivity contribution is 5.83. The second-order valence-electron chi connectivity index (χ2n) is 6.76. The van der Waals surface area contributed by atoms with E-state index < -0.39 is 0 Å². The topological polar surface area (TPSA) is 58.2 Å². The molecule has 1 unspecified atom stereocenters. The summed E-state index contributed by atoms with van der Waals surface area (Å²) in [6, 6.07) is 20.1. The zero-order chi connectivity index (χ0) is 20.1. The van der Waals surface area contributed by atoms with E-state index in [1.807, 2.05) is 30.3 Å². The fourth-order valence-corrected chi connectivity index (χ4v) is 3.39. The number of benzene rings is 3. The first-order chi connectivity index (χ1) is 14.3. The summed E-state index contributed by atoms with van der Waals surface area (Å²) >= 11 is 0. The van der Waals surface area contributed by atoms with Gasteiger partial charge < -0.3 is 23.7 Å². The highest BCUT2D eigenvalue weighted by Crippen LogP contribution is 2.36. The van der Waals surface area contributed by atoms with Crippen LogP contribution < -0.4 is 19.5 Å². The van der Waals surface area contributed by atoms with Crippen LogP contribution in [0.5, 0.6) is 17.2 Å². The van der Waals surface area contributed by atoms with Crippen molar-refractivity contribution in [2.75, 3.05) is 34.1 Å². The Labute approximate surface area is 170 Å². The zero-order valence-electron chi connectivity index (χ0n) is 16.6. The number of nitrogens with one attached hydrogen (secondary N) is 1. The van der Waals surface area contributed by atoms with Gasteiger partial charge in [-0.25, -0.2) is 0 Å². The quantitative estimate of drug-likeness (QED) is 0.461. The lowest BCUT2D eigenvalue weighted by Gasteiger charge is -2.16. The van der Waals surface area contributed by atoms with Gasteiger partial charge in [-0.15, -0.1) is 0 Å². The van der Waals surface area contributed by atoms with E-state index in [2.05, 4.69) is 35.6 Å². The van der Waals surface area contributed by atoms with Crippen LogP contribution in [0.1, 0.15) is 11.9 Å². The van der Waals surface area contributed by atoms with Gasteiger partial charge in [-0.1, -0.05) is 42.5 Å². The second kappa shape index (κ2) is 9.13. The normalized spacial score (nSPS) is 18.7. The number of hydrogen-bond donors (Lipinski definition) is 1. The molecule has 152 valence electrons. The van der Waals surface area contributed by atoms with Gasteiger partial charge in [0.2, 0.25) is 5.75 Å². The minimum atomic E-state index is -0.346. The molecule has 1 saturated heterocycles. The minimum Gasteiger partial charge on any atom is -0.493 e. The Morgan fingerprint density at radius 2 is 1.69 bits per heavy atom. The molecule has 1 fully saturated rings. The van der Waals surface area contributed by atoms with Gasteiger partial charge in [0, 0.05) is 12.1 Å². The lowest BCUT2D eigenvalue weighted by atomic mass is 10.1. The first kappa shape index (κ1) is 19.5. The van der Waals surface area contributed by atoms with Gasteiger partial charge >= 0.3 is 0 Å². The summed E-state index contributed by atoms with van der Waals surface area (Å²) in [5.41, 5.74) is 1.03. The number of methoxy groups -OCH3 is 2. The van der Waals surface area contributed by atoms with Gasteiger partial charge in [0.25, 0.3) is 0 Å². The number of rotatable bonds is 8. The Morgan fingerprint density at radius 1 is 0.931 bits per heavy atom. The summed E-state index contributed by atoms with van der Waals surface area (Å²) in [6.45, 7) is 1.45. The lowest BCUT2D eigenvalue weighted by molar-refractivity contribution is -0.0599. The average molecular weight is 395 g/mol. The Kier molecular flexibility index (Phi) is 6.14. The van der Waals surface area contributed by atoms with Gasteiger partial charge in [0.05, 0.1) is 26.9 Å². The van der Waals surface area contributed by atoms with Crippen LogP contribution in [0, 0.1) is 0 Å². The highest BCUT2D eigenvalue weighted by atomic mass is 16.7. The molecule has 0 aromatic heterocycles. The van der Waals surface area contributed by atoms with Gasteiger partial charge in [0.15, 0.2) is 17.8 Å². The standard InChI is InChI=1S/C23H25NO5/c1-25-20-8-5-9-21(26-2)22(20)28-15-24-13-19-14-27-23(29-19)18-11-10-16-6-3-4-7-17(16)12-18/h3-12,19,23-24H,13-15H2,1-2H3/t19?,23-/m0/s1. The molecule has 3 aromatic rings. The predicted molar refractivity (Wildman–Crippen MR) is 111 cm³/mol. The number of para-hydroxylation sites is 1. The number of ether oxygens (including phenoxy) is 5. The van der Waals surface area contributed by atoms with Gasteiger partial charge in [-0.05, 0) is 29.0 Å². The van der Waals surface area contributed by atoms with Crippen molar-refractivity contribution in [2.45, 2.75) is 12.4 Å². The molecule has 1 aliphatic rings. The van der Waals surface area contributed by atoms with Crippen molar-refractivity contribution >= 4 is 10.8 Å². The third-order valence-electron chi connectivity index (χ3n) is 4.87. The Morgan fingerprint density at radius 3 is 2.45 bits per heavy atom. The van der Waals surface area contributed by atoms with Crippen molar-refractivity contribution in [3.05, 3.63) is 66.2 Å². The van der Waals surface area contributed by atoms with Crippen molar-refractivity contribution in [2.24, 2.45) is 0 Å². The molecule has 0 bridgehead atoms. The van der Waals surface area contributed by atoms with Crippen molar-refractivity contribution in [1.29, 1.82) is 0 Å². The SMILES string of the molecule is COc1cccc(OC)c1OCNCC1CO[C@H](c2ccc3ccccc3c2)O1. The smallest absolute Gasteiger partial charge is 0.204 e. The maximum Gasteiger partial charge on any atom is 0.204 e. The fourth-order valence-electron chi connectivity index (χ4n) is 3.39. The molecule has 29 heavy (non-hydrogen) atoms. The number of hydrogen-bond acceptors (Lipinski definition) is 6. The summed E-state index contributed by atoms with van der Waals surface area (Å²) in [4.78, 5) is 0. The van der Waals surface area contributed by atoms with Gasteiger partial charge in [-0.3, -0.25) is 5.32 Å². The van der Waals surface area contributed by atoms with Gasteiger partial charge in [-0.2, -0.15) is 0 Å². The molecular formula is C23H25NO5. The maximum absolute atomic E-state index is 6.05. The van der Waals surface area contributed by atoms with Crippen LogP contribution in [0.25, 0.3) is 10.8 Å². The van der Waals surface area contributed by atoms with E-state index in [4.69, 9.17) is 23.7 Å². The number of fused-ring (bicyclic) bond motifs is 1. The van der Waals surface area contributed by atoms with E-state index in [1.165, 1.54) is 10.8 Å². The molecule has 4 rings (SSSR count). The monoisotopic (exact) mass is 395 g/mol. The van der Waals surface area contributed by atoms with E-state index >= 15 is 0 Å². The van der Waals surface area contributed by atoms with Crippen molar-refractivity contribution < 1.29 is 23.7 Å². The van der Waals surface area contributed by atoms with Crippen molar-refractivity contribution in [3.63, 3.8) is 0 Å². The van der Waals surface area contributed by atoms with Crippen LogP contribution in [0.3, 0.4) is 0 Å². The van der Waals surface area contributed by atoms with Gasteiger partial charge in [0.1, 0.15) is 6.73 Å². The molecule has 3 aromatic carbocycles. The first-order valence-corrected chi connectivity index (χ1v) is 9.59. The Hall–Kier alpha value is -2.80. The third-order valence-corrected chi connectivity index (χ3v) is 4.87. The summed E-state index contributed by atoms with van der Waals surface area (Å²) in [5.74, 6) is 1.83. The fraction of sp³-hybridized carbons (Fsp3) is 0.304. The molecule has 2 atom stereocenters. The van der Waals surface area contributed by atoms with Crippen LogP contribution >= 0.6 is 0 Å². The minimum absolute atomic E-state index is 0.0466. The Balaban J connectivity index is 1.29. The molecular weight excluding hydrogens is 370 g/mol. The second-order valence-corrected chi connectivity index (χ2v) is 6.76. The largest absolute Gasteiger partial charge is 0.493 e. The van der Waals surface area contributed by atoms with Crippen LogP contribution in [0.4, 0.5) is 0 Å². The summed E-state index contributed by atoms with van der Waals surface area (Å²) < 4.78 is 28.4. The molecule has 0 saturated carbocycles. The molecule has 1 N–H and O–H groups in total. The van der Waals surface area contributed by atoms with Crippen LogP contribution in [-0.4, -0.2) is 40.2 Å². The van der Waals surface area contributed by atoms with Crippen molar-refractivity contribution in [1.82, 2.24) is 5.32 Å². The molecule has 1 heterocycles. The maximum atomic E-state index is 6.05. The highest BCUT2D eigenvalue weighted by Gasteiger charge is 2.27. The van der Waals surface area contributed by atoms with Crippen molar-refractivity contribution in [3.8, 4) is 17.2 Å². The molecule has 0 spiro atoms. The lowest BCUT2D eigenvalue weighted by Crippen LogP contribution is -2.31. The first-order valence-electron chi connectivity index (χ1n) is 9.59. The summed E-state index contributed by atoms with van der Waals surface area (Å²) in [7, 11) is 3.21. The average Bonchev–Trinajstić information content (AvgIpc) is 3.25. The van der Waals surface area contributed by atoms with E-state index in [1.54, 1.807) is 14.2 Å². The van der Waals surface area contributed by atoms with Crippen LogP contribution in [0.15, 0.2) is 60.7 Å². The molecule has 0 aliphatic carbocycles. The van der Waals surface area contributed by atoms with E-state index in [-0.39, 0.29) is 12.4 Å². The molecule has 6 heteroatoms. The third kappa shape index (κ3) is 4.45.